The molecule has 2 amide bonds. The zero-order valence-electron chi connectivity index (χ0n) is 24.2. The van der Waals surface area contributed by atoms with Gasteiger partial charge in [0, 0.05) is 28.2 Å². The predicted molar refractivity (Wildman–Crippen MR) is 166 cm³/mol. The Morgan fingerprint density at radius 3 is 2.62 bits per heavy atom. The molecule has 2 heterocycles. The lowest BCUT2D eigenvalue weighted by Gasteiger charge is -2.36. The number of amides is 2. The van der Waals surface area contributed by atoms with Crippen molar-refractivity contribution >= 4 is 39.4 Å². The number of aromatic nitrogens is 1. The number of phenols is 1. The fourth-order valence-electron chi connectivity index (χ4n) is 7.32. The standard InChI is InChI=1S/C34H41BrN2O5/c1-2-8-22-19-26-32(34(42)37(33(26)41)25-9-4-3-5-10-25)27(20-38)31(22)30(40)14-12-21(28-11-6-7-16-36-28)17-23-18-24(35)13-15-29(23)39/h6-7,11,13,15-18,25-27,30,32,38-40H,2-5,8-10,12,14,19-20H2,1H3/b21-17-/t26-,27+,30-,32-/m1/s1. The highest BCUT2D eigenvalue weighted by Crippen LogP contribution is 2.48. The number of aromatic hydroxyl groups is 1. The topological polar surface area (TPSA) is 111 Å². The molecule has 0 spiro atoms. The second-order valence-electron chi connectivity index (χ2n) is 11.9. The molecule has 1 saturated carbocycles. The van der Waals surface area contributed by atoms with Crippen LogP contribution in [0.4, 0.5) is 0 Å². The molecule has 1 aromatic heterocycles. The summed E-state index contributed by atoms with van der Waals surface area (Å²) < 4.78 is 0.835. The zero-order chi connectivity index (χ0) is 29.8. The molecule has 0 unspecified atom stereocenters. The van der Waals surface area contributed by atoms with Crippen molar-refractivity contribution in [3.63, 3.8) is 0 Å². The summed E-state index contributed by atoms with van der Waals surface area (Å²) in [5.74, 6) is -1.79. The Balaban J connectivity index is 1.43. The number of aliphatic hydroxyl groups excluding tert-OH is 2. The van der Waals surface area contributed by atoms with Crippen LogP contribution in [-0.2, 0) is 9.59 Å². The lowest BCUT2D eigenvalue weighted by molar-refractivity contribution is -0.143. The van der Waals surface area contributed by atoms with Gasteiger partial charge >= 0.3 is 0 Å². The third-order valence-electron chi connectivity index (χ3n) is 9.27. The van der Waals surface area contributed by atoms with Crippen molar-refractivity contribution in [3.8, 4) is 5.75 Å². The van der Waals surface area contributed by atoms with Crippen LogP contribution in [0.2, 0.25) is 0 Å². The molecule has 1 saturated heterocycles. The fraction of sp³-hybridized carbons (Fsp3) is 0.500. The van der Waals surface area contributed by atoms with Crippen molar-refractivity contribution < 1.29 is 24.9 Å². The van der Waals surface area contributed by atoms with Gasteiger partial charge in [-0.2, -0.15) is 0 Å². The van der Waals surface area contributed by atoms with E-state index in [2.05, 4.69) is 27.8 Å². The number of phenolic OH excluding ortho intramolecular Hbond substituents is 1. The molecule has 3 N–H and O–H groups in total. The minimum atomic E-state index is -0.889. The largest absolute Gasteiger partial charge is 0.507 e. The van der Waals surface area contributed by atoms with Gasteiger partial charge in [0.2, 0.25) is 11.8 Å². The molecule has 4 atom stereocenters. The average molecular weight is 638 g/mol. The first-order valence-corrected chi connectivity index (χ1v) is 16.1. The number of halogens is 1. The number of nitrogens with zero attached hydrogens (tertiary/aromatic N) is 2. The normalized spacial score (nSPS) is 24.3. The highest BCUT2D eigenvalue weighted by atomic mass is 79.9. The van der Waals surface area contributed by atoms with E-state index in [1.807, 2.05) is 30.3 Å². The molecule has 8 heteroatoms. The van der Waals surface area contributed by atoms with Crippen LogP contribution in [0.1, 0.15) is 82.4 Å². The summed E-state index contributed by atoms with van der Waals surface area (Å²) in [5.41, 5.74) is 3.97. The highest BCUT2D eigenvalue weighted by Gasteiger charge is 2.56. The van der Waals surface area contributed by atoms with Crippen LogP contribution in [0, 0.1) is 17.8 Å². The molecule has 42 heavy (non-hydrogen) atoms. The van der Waals surface area contributed by atoms with Crippen molar-refractivity contribution in [2.45, 2.75) is 83.3 Å². The number of allylic oxidation sites excluding steroid dienone is 2. The van der Waals surface area contributed by atoms with E-state index in [-0.39, 0.29) is 30.2 Å². The number of hydrogen-bond acceptors (Lipinski definition) is 6. The number of rotatable bonds is 10. The van der Waals surface area contributed by atoms with E-state index >= 15 is 0 Å². The van der Waals surface area contributed by atoms with Gasteiger partial charge in [-0.15, -0.1) is 0 Å². The average Bonchev–Trinajstić information content (AvgIpc) is 3.25. The number of carbonyl (C=O) groups is 2. The van der Waals surface area contributed by atoms with E-state index in [9.17, 15) is 24.9 Å². The quantitative estimate of drug-likeness (QED) is 0.209. The lowest BCUT2D eigenvalue weighted by atomic mass is 9.67. The number of benzene rings is 1. The van der Waals surface area contributed by atoms with Gasteiger partial charge in [0.05, 0.1) is 30.2 Å². The van der Waals surface area contributed by atoms with Gasteiger partial charge in [-0.1, -0.05) is 60.2 Å². The molecule has 0 bridgehead atoms. The van der Waals surface area contributed by atoms with Gasteiger partial charge in [0.1, 0.15) is 5.75 Å². The van der Waals surface area contributed by atoms with Crippen molar-refractivity contribution in [1.82, 2.24) is 9.88 Å². The van der Waals surface area contributed by atoms with Gasteiger partial charge in [-0.3, -0.25) is 19.5 Å². The molecule has 5 rings (SSSR count). The maximum atomic E-state index is 13.8. The first-order valence-electron chi connectivity index (χ1n) is 15.3. The zero-order valence-corrected chi connectivity index (χ0v) is 25.8. The monoisotopic (exact) mass is 636 g/mol. The molecule has 1 aromatic carbocycles. The summed E-state index contributed by atoms with van der Waals surface area (Å²) in [6.45, 7) is 1.78. The number of likely N-dealkylation sites (tertiary alicyclic amines) is 1. The molecule has 2 aliphatic carbocycles. The van der Waals surface area contributed by atoms with Gasteiger partial charge in [0.15, 0.2) is 0 Å². The second kappa shape index (κ2) is 13.7. The molecule has 0 radical (unpaired) electrons. The molecule has 1 aliphatic heterocycles. The Kier molecular flexibility index (Phi) is 9.96. The lowest BCUT2D eigenvalue weighted by Crippen LogP contribution is -2.42. The number of pyridine rings is 1. The van der Waals surface area contributed by atoms with Crippen molar-refractivity contribution in [2.75, 3.05) is 6.61 Å². The Labute approximate surface area is 256 Å². The molecule has 224 valence electrons. The first-order chi connectivity index (χ1) is 20.3. The van der Waals surface area contributed by atoms with Crippen molar-refractivity contribution in [2.24, 2.45) is 17.8 Å². The van der Waals surface area contributed by atoms with Crippen molar-refractivity contribution in [1.29, 1.82) is 0 Å². The van der Waals surface area contributed by atoms with E-state index in [4.69, 9.17) is 0 Å². The van der Waals surface area contributed by atoms with Gasteiger partial charge in [-0.05, 0) is 86.1 Å². The Morgan fingerprint density at radius 1 is 1.14 bits per heavy atom. The van der Waals surface area contributed by atoms with Crippen LogP contribution in [0.3, 0.4) is 0 Å². The summed E-state index contributed by atoms with van der Waals surface area (Å²) in [6.07, 6.45) is 10.4. The summed E-state index contributed by atoms with van der Waals surface area (Å²) in [6, 6.07) is 10.8. The molecule has 3 aliphatic rings. The Bertz CT molecular complexity index is 1350. The third-order valence-corrected chi connectivity index (χ3v) is 9.76. The smallest absolute Gasteiger partial charge is 0.234 e. The minimum absolute atomic E-state index is 0.0489. The summed E-state index contributed by atoms with van der Waals surface area (Å²) in [4.78, 5) is 33.5. The van der Waals surface area contributed by atoms with E-state index in [1.54, 1.807) is 18.3 Å². The maximum absolute atomic E-state index is 13.8. The van der Waals surface area contributed by atoms with Crippen LogP contribution in [0.15, 0.2) is 58.2 Å². The van der Waals surface area contributed by atoms with E-state index in [0.717, 1.165) is 65.4 Å². The molecule has 2 aromatic rings. The van der Waals surface area contributed by atoms with Crippen LogP contribution < -0.4 is 0 Å². The number of fused-ring (bicyclic) bond motifs is 1. The highest BCUT2D eigenvalue weighted by molar-refractivity contribution is 9.10. The van der Waals surface area contributed by atoms with Crippen molar-refractivity contribution in [3.05, 3.63) is 69.5 Å². The van der Waals surface area contributed by atoms with Gasteiger partial charge in [-0.25, -0.2) is 0 Å². The maximum Gasteiger partial charge on any atom is 0.234 e. The Hall–Kier alpha value is -2.81. The SMILES string of the molecule is CCCC1=C([C@H](O)CC/C(=C/c2cc(Br)ccc2O)c2ccccn2)[C@H](CO)[C@@H]2C(=O)N(C3CCCCC3)C(=O)[C@@H]2C1. The first kappa shape index (κ1) is 30.6. The van der Waals surface area contributed by atoms with E-state index < -0.39 is 23.9 Å². The summed E-state index contributed by atoms with van der Waals surface area (Å²) >= 11 is 3.47. The predicted octanol–water partition coefficient (Wildman–Crippen LogP) is 6.27. The van der Waals surface area contributed by atoms with Crippen LogP contribution >= 0.6 is 15.9 Å². The van der Waals surface area contributed by atoms with Gasteiger partial charge in [0.25, 0.3) is 0 Å². The molecular weight excluding hydrogens is 596 g/mol. The summed E-state index contributed by atoms with van der Waals surface area (Å²) in [7, 11) is 0. The number of imide groups is 1. The number of aliphatic hydroxyl groups is 2. The van der Waals surface area contributed by atoms with Crippen LogP contribution in [0.5, 0.6) is 5.75 Å². The molecule has 7 nitrogen and oxygen atoms in total. The Morgan fingerprint density at radius 2 is 1.93 bits per heavy atom. The minimum Gasteiger partial charge on any atom is -0.507 e. The summed E-state index contributed by atoms with van der Waals surface area (Å²) in [5, 5.41) is 32.9. The fourth-order valence-corrected chi connectivity index (χ4v) is 7.70. The third kappa shape index (κ3) is 6.26. The van der Waals surface area contributed by atoms with E-state index in [1.165, 1.54) is 4.90 Å². The van der Waals surface area contributed by atoms with Crippen LogP contribution in [-0.4, -0.2) is 55.8 Å². The van der Waals surface area contributed by atoms with Gasteiger partial charge < -0.3 is 15.3 Å². The van der Waals surface area contributed by atoms with E-state index in [0.29, 0.717) is 31.2 Å². The molecule has 2 fully saturated rings. The number of carbonyl (C=O) groups excluding carboxylic acids is 2. The van der Waals surface area contributed by atoms with Crippen LogP contribution in [0.25, 0.3) is 11.6 Å². The molecular formula is C34H41BrN2O5. The number of hydrogen-bond donors (Lipinski definition) is 3. The second-order valence-corrected chi connectivity index (χ2v) is 12.8.